The van der Waals surface area contributed by atoms with Gasteiger partial charge >= 0.3 is 12.1 Å². The third kappa shape index (κ3) is 3.88. The Morgan fingerprint density at radius 3 is 2.64 bits per heavy atom. The number of benzene rings is 1. The van der Waals surface area contributed by atoms with Gasteiger partial charge in [-0.1, -0.05) is 15.9 Å². The van der Waals surface area contributed by atoms with Crippen LogP contribution in [0.25, 0.3) is 0 Å². The fourth-order valence-corrected chi connectivity index (χ4v) is 1.80. The first-order valence-corrected chi connectivity index (χ1v) is 6.55. The number of rotatable bonds is 3. The maximum Gasteiger partial charge on any atom is 0.449 e. The molecule has 22 heavy (non-hydrogen) atoms. The Bertz CT molecular complexity index is 726. The van der Waals surface area contributed by atoms with Crippen LogP contribution in [0.15, 0.2) is 44.3 Å². The monoisotopic (exact) mass is 376 g/mol. The third-order valence-corrected chi connectivity index (χ3v) is 2.96. The van der Waals surface area contributed by atoms with Crippen molar-refractivity contribution in [1.29, 1.82) is 0 Å². The summed E-state index contributed by atoms with van der Waals surface area (Å²) in [7, 11) is 0. The number of hydrogen-bond acceptors (Lipinski definition) is 4. The highest BCUT2D eigenvalue weighted by Gasteiger charge is 2.35. The van der Waals surface area contributed by atoms with Crippen LogP contribution < -0.4 is 5.43 Å². The number of carbonyl (C=O) groups excluding carboxylic acids is 1. The van der Waals surface area contributed by atoms with E-state index in [9.17, 15) is 23.1 Å². The lowest BCUT2D eigenvalue weighted by Crippen LogP contribution is -2.17. The number of amides is 1. The molecule has 2 N–H and O–H groups in total. The van der Waals surface area contributed by atoms with Gasteiger partial charge in [0.25, 0.3) is 0 Å². The number of furan rings is 1. The minimum absolute atomic E-state index is 0.0790. The zero-order valence-corrected chi connectivity index (χ0v) is 12.3. The van der Waals surface area contributed by atoms with Crippen molar-refractivity contribution in [3.63, 3.8) is 0 Å². The Morgan fingerprint density at radius 1 is 1.32 bits per heavy atom. The number of aromatic hydroxyl groups is 1. The lowest BCUT2D eigenvalue weighted by molar-refractivity contribution is -0.153. The van der Waals surface area contributed by atoms with E-state index in [2.05, 4.69) is 25.4 Å². The molecule has 5 nitrogen and oxygen atoms in total. The van der Waals surface area contributed by atoms with Gasteiger partial charge in [-0.25, -0.2) is 5.43 Å². The summed E-state index contributed by atoms with van der Waals surface area (Å²) in [5.74, 6) is -2.82. The Morgan fingerprint density at radius 2 is 2.05 bits per heavy atom. The number of alkyl halides is 3. The second kappa shape index (κ2) is 6.22. The number of carbonyl (C=O) groups is 1. The van der Waals surface area contributed by atoms with E-state index >= 15 is 0 Å². The largest absolute Gasteiger partial charge is 0.507 e. The summed E-state index contributed by atoms with van der Waals surface area (Å²) in [5.41, 5.74) is 2.32. The number of phenolic OH excluding ortho intramolecular Hbond substituents is 1. The second-order valence-corrected chi connectivity index (χ2v) is 4.98. The molecule has 0 aliphatic rings. The maximum absolute atomic E-state index is 12.3. The molecule has 1 aromatic heterocycles. The predicted octanol–water partition coefficient (Wildman–Crippen LogP) is 3.53. The van der Waals surface area contributed by atoms with Crippen LogP contribution in [0.3, 0.4) is 0 Å². The highest BCUT2D eigenvalue weighted by molar-refractivity contribution is 9.10. The Balaban J connectivity index is 2.03. The first kappa shape index (κ1) is 16.1. The van der Waals surface area contributed by atoms with E-state index in [4.69, 9.17) is 0 Å². The van der Waals surface area contributed by atoms with Gasteiger partial charge in [0.1, 0.15) is 5.75 Å². The van der Waals surface area contributed by atoms with Gasteiger partial charge in [-0.3, -0.25) is 4.79 Å². The van der Waals surface area contributed by atoms with Gasteiger partial charge in [0.15, 0.2) is 5.76 Å². The standard InChI is InChI=1S/C13H8BrF3N2O3/c14-8-2-1-7(9(20)5-8)6-18-19-12(21)10-3-4-11(22-10)13(15,16)17/h1-6,20H,(H,19,21)/b18-6+. The van der Waals surface area contributed by atoms with E-state index in [1.807, 2.05) is 5.43 Å². The minimum Gasteiger partial charge on any atom is -0.507 e. The Labute approximate surface area is 130 Å². The number of nitrogens with one attached hydrogen (secondary N) is 1. The quantitative estimate of drug-likeness (QED) is 0.635. The lowest BCUT2D eigenvalue weighted by Gasteiger charge is -2.01. The van der Waals surface area contributed by atoms with Crippen LogP contribution in [-0.4, -0.2) is 17.2 Å². The summed E-state index contributed by atoms with van der Waals surface area (Å²) in [6, 6.07) is 6.14. The number of hydrogen-bond donors (Lipinski definition) is 2. The molecule has 116 valence electrons. The van der Waals surface area contributed by atoms with E-state index in [-0.39, 0.29) is 5.75 Å². The molecular weight excluding hydrogens is 369 g/mol. The topological polar surface area (TPSA) is 74.8 Å². The molecule has 0 aliphatic carbocycles. The zero-order valence-electron chi connectivity index (χ0n) is 10.7. The summed E-state index contributed by atoms with van der Waals surface area (Å²) in [6.07, 6.45) is -3.52. The van der Waals surface area contributed by atoms with Gasteiger partial charge in [0.2, 0.25) is 5.76 Å². The predicted molar refractivity (Wildman–Crippen MR) is 74.6 cm³/mol. The molecule has 2 aromatic rings. The van der Waals surface area contributed by atoms with Crippen LogP contribution in [0.2, 0.25) is 0 Å². The van der Waals surface area contributed by atoms with Crippen LogP contribution in [-0.2, 0) is 6.18 Å². The Kier molecular flexibility index (Phi) is 4.55. The summed E-state index contributed by atoms with van der Waals surface area (Å²) in [4.78, 5) is 11.6. The number of hydrazone groups is 1. The molecule has 0 fully saturated rings. The van der Waals surface area contributed by atoms with Crippen LogP contribution in [0.5, 0.6) is 5.75 Å². The summed E-state index contributed by atoms with van der Waals surface area (Å²) in [5, 5.41) is 13.1. The van der Waals surface area contributed by atoms with Crippen molar-refractivity contribution in [3.05, 3.63) is 51.9 Å². The van der Waals surface area contributed by atoms with Crippen molar-refractivity contribution in [2.24, 2.45) is 5.10 Å². The minimum atomic E-state index is -4.66. The molecule has 1 heterocycles. The highest BCUT2D eigenvalue weighted by Crippen LogP contribution is 2.30. The molecule has 1 aromatic carbocycles. The average molecular weight is 377 g/mol. The van der Waals surface area contributed by atoms with Crippen molar-refractivity contribution >= 4 is 28.1 Å². The van der Waals surface area contributed by atoms with Gasteiger partial charge in [0.05, 0.1) is 6.21 Å². The molecule has 0 saturated heterocycles. The SMILES string of the molecule is O=C(N/N=C/c1ccc(Br)cc1O)c1ccc(C(F)(F)F)o1. The van der Waals surface area contributed by atoms with E-state index in [0.717, 1.165) is 12.3 Å². The first-order chi connectivity index (χ1) is 10.3. The second-order valence-electron chi connectivity index (χ2n) is 4.06. The summed E-state index contributed by atoms with van der Waals surface area (Å²) in [6.45, 7) is 0. The van der Waals surface area contributed by atoms with Gasteiger partial charge in [-0.05, 0) is 30.3 Å². The average Bonchev–Trinajstić information content (AvgIpc) is 2.90. The molecule has 9 heteroatoms. The molecule has 0 spiro atoms. The fraction of sp³-hybridized carbons (Fsp3) is 0.0769. The van der Waals surface area contributed by atoms with Crippen molar-refractivity contribution in [2.75, 3.05) is 0 Å². The van der Waals surface area contributed by atoms with E-state index in [0.29, 0.717) is 16.1 Å². The number of halogens is 4. The van der Waals surface area contributed by atoms with E-state index in [1.165, 1.54) is 12.1 Å². The Hall–Kier alpha value is -2.29. The third-order valence-electron chi connectivity index (χ3n) is 2.47. The fourth-order valence-electron chi connectivity index (χ4n) is 1.45. The van der Waals surface area contributed by atoms with Crippen LogP contribution in [0.1, 0.15) is 21.9 Å². The lowest BCUT2D eigenvalue weighted by atomic mass is 10.2. The molecule has 0 bridgehead atoms. The summed E-state index contributed by atoms with van der Waals surface area (Å²) >= 11 is 3.16. The maximum atomic E-state index is 12.3. The molecule has 0 unspecified atom stereocenters. The van der Waals surface area contributed by atoms with Crippen molar-refractivity contribution in [2.45, 2.75) is 6.18 Å². The van der Waals surface area contributed by atoms with Gasteiger partial charge < -0.3 is 9.52 Å². The van der Waals surface area contributed by atoms with Gasteiger partial charge in [-0.2, -0.15) is 18.3 Å². The molecule has 0 radical (unpaired) electrons. The normalized spacial score (nSPS) is 11.8. The van der Waals surface area contributed by atoms with Gasteiger partial charge in [-0.15, -0.1) is 0 Å². The number of phenols is 1. The molecule has 2 rings (SSSR count). The van der Waals surface area contributed by atoms with Crippen LogP contribution >= 0.6 is 15.9 Å². The van der Waals surface area contributed by atoms with E-state index < -0.39 is 23.6 Å². The van der Waals surface area contributed by atoms with Gasteiger partial charge in [0, 0.05) is 10.0 Å². The zero-order chi connectivity index (χ0) is 16.3. The molecule has 0 saturated carbocycles. The van der Waals surface area contributed by atoms with Crippen LogP contribution in [0.4, 0.5) is 13.2 Å². The van der Waals surface area contributed by atoms with E-state index in [1.54, 1.807) is 6.07 Å². The van der Waals surface area contributed by atoms with Crippen molar-refractivity contribution in [1.82, 2.24) is 5.43 Å². The molecular formula is C13H8BrF3N2O3. The molecule has 0 aliphatic heterocycles. The highest BCUT2D eigenvalue weighted by atomic mass is 79.9. The molecule has 0 atom stereocenters. The first-order valence-electron chi connectivity index (χ1n) is 5.76. The van der Waals surface area contributed by atoms with Crippen molar-refractivity contribution in [3.8, 4) is 5.75 Å². The number of nitrogens with zero attached hydrogens (tertiary/aromatic N) is 1. The van der Waals surface area contributed by atoms with Crippen molar-refractivity contribution < 1.29 is 27.5 Å². The molecule has 1 amide bonds. The summed E-state index contributed by atoms with van der Waals surface area (Å²) < 4.78 is 42.0. The smallest absolute Gasteiger partial charge is 0.449 e. The van der Waals surface area contributed by atoms with Crippen LogP contribution in [0, 0.1) is 0 Å².